The molecule has 3 aromatic rings. The highest BCUT2D eigenvalue weighted by Gasteiger charge is 2.10. The van der Waals surface area contributed by atoms with Crippen LogP contribution in [0.3, 0.4) is 0 Å². The molecular weight excluding hydrogens is 297 g/mol. The van der Waals surface area contributed by atoms with Crippen molar-refractivity contribution in [2.24, 2.45) is 0 Å². The van der Waals surface area contributed by atoms with Crippen LogP contribution in [0.2, 0.25) is 0 Å². The second-order valence-electron chi connectivity index (χ2n) is 4.37. The predicted molar refractivity (Wildman–Crippen MR) is 81.2 cm³/mol. The Bertz CT molecular complexity index is 876. The number of hydrogen-bond donors (Lipinski definition) is 2. The zero-order chi connectivity index (χ0) is 14.3. The summed E-state index contributed by atoms with van der Waals surface area (Å²) in [5.74, 6) is -1.05. The zero-order valence-corrected chi connectivity index (χ0v) is 11.5. The summed E-state index contributed by atoms with van der Waals surface area (Å²) in [7, 11) is 0. The normalized spacial score (nSPS) is 10.3. The lowest BCUT2D eigenvalue weighted by Gasteiger charge is -2.05. The van der Waals surface area contributed by atoms with Crippen LogP contribution in [-0.2, 0) is 0 Å². The van der Waals surface area contributed by atoms with Gasteiger partial charge in [-0.05, 0) is 30.3 Å². The standard InChI is InChI=1S/C15H10FNO3.ClH/c16-10-6-8(4-5-12(10)18)14-7-13(19)9-2-1-3-11(17)15(9)20-14;/h1-7,18H,17H2;1H. The summed E-state index contributed by atoms with van der Waals surface area (Å²) < 4.78 is 18.9. The van der Waals surface area contributed by atoms with E-state index in [-0.39, 0.29) is 29.2 Å². The Balaban J connectivity index is 0.00000161. The van der Waals surface area contributed by atoms with Crippen molar-refractivity contribution in [2.75, 3.05) is 5.73 Å². The summed E-state index contributed by atoms with van der Waals surface area (Å²) in [6, 6.07) is 9.91. The van der Waals surface area contributed by atoms with E-state index in [2.05, 4.69) is 0 Å². The van der Waals surface area contributed by atoms with E-state index in [9.17, 15) is 14.3 Å². The molecule has 6 heteroatoms. The van der Waals surface area contributed by atoms with E-state index >= 15 is 0 Å². The van der Waals surface area contributed by atoms with Crippen LogP contribution in [0.15, 0.2) is 51.7 Å². The lowest BCUT2D eigenvalue weighted by molar-refractivity contribution is 0.432. The maximum atomic E-state index is 13.4. The number of phenols is 1. The van der Waals surface area contributed by atoms with Crippen LogP contribution in [0.5, 0.6) is 5.75 Å². The van der Waals surface area contributed by atoms with E-state index in [0.29, 0.717) is 16.6 Å². The lowest BCUT2D eigenvalue weighted by atomic mass is 10.1. The predicted octanol–water partition coefficient (Wildman–Crippen LogP) is 3.31. The highest BCUT2D eigenvalue weighted by molar-refractivity contribution is 5.88. The second-order valence-corrected chi connectivity index (χ2v) is 4.37. The molecule has 4 nitrogen and oxygen atoms in total. The van der Waals surface area contributed by atoms with E-state index in [1.165, 1.54) is 18.2 Å². The molecule has 0 fully saturated rings. The molecule has 0 bridgehead atoms. The Morgan fingerprint density at radius 2 is 1.90 bits per heavy atom. The Morgan fingerprint density at radius 3 is 2.62 bits per heavy atom. The molecule has 2 aromatic carbocycles. The molecule has 1 aromatic heterocycles. The molecule has 108 valence electrons. The van der Waals surface area contributed by atoms with Crippen LogP contribution in [0.25, 0.3) is 22.3 Å². The molecule has 0 radical (unpaired) electrons. The summed E-state index contributed by atoms with van der Waals surface area (Å²) in [4.78, 5) is 12.0. The van der Waals surface area contributed by atoms with Crippen molar-refractivity contribution < 1.29 is 13.9 Å². The first kappa shape index (κ1) is 14.9. The largest absolute Gasteiger partial charge is 0.505 e. The number of aromatic hydroxyl groups is 1. The van der Waals surface area contributed by atoms with Crippen LogP contribution in [0, 0.1) is 5.82 Å². The highest BCUT2D eigenvalue weighted by atomic mass is 35.5. The van der Waals surface area contributed by atoms with E-state index in [0.717, 1.165) is 6.07 Å². The van der Waals surface area contributed by atoms with Crippen molar-refractivity contribution in [3.05, 3.63) is 58.5 Å². The monoisotopic (exact) mass is 307 g/mol. The van der Waals surface area contributed by atoms with Gasteiger partial charge >= 0.3 is 0 Å². The second kappa shape index (κ2) is 5.46. The number of rotatable bonds is 1. The van der Waals surface area contributed by atoms with Gasteiger partial charge in [-0.1, -0.05) is 6.07 Å². The lowest BCUT2D eigenvalue weighted by Crippen LogP contribution is -2.02. The molecule has 0 saturated carbocycles. The molecule has 0 unspecified atom stereocenters. The van der Waals surface area contributed by atoms with Gasteiger partial charge in [0.15, 0.2) is 22.6 Å². The van der Waals surface area contributed by atoms with Crippen LogP contribution in [0.4, 0.5) is 10.1 Å². The van der Waals surface area contributed by atoms with Crippen molar-refractivity contribution in [1.82, 2.24) is 0 Å². The first-order chi connectivity index (χ1) is 9.56. The molecule has 21 heavy (non-hydrogen) atoms. The molecule has 3 rings (SSSR count). The number of para-hydroxylation sites is 1. The number of phenolic OH excluding ortho intramolecular Hbond substituents is 1. The van der Waals surface area contributed by atoms with Crippen molar-refractivity contribution in [2.45, 2.75) is 0 Å². The molecule has 0 spiro atoms. The molecule has 3 N–H and O–H groups in total. The van der Waals surface area contributed by atoms with Crippen LogP contribution in [-0.4, -0.2) is 5.11 Å². The minimum atomic E-state index is -0.786. The molecule has 0 aliphatic rings. The maximum absolute atomic E-state index is 13.4. The zero-order valence-electron chi connectivity index (χ0n) is 10.7. The number of benzene rings is 2. The number of hydrogen-bond acceptors (Lipinski definition) is 4. The Hall–Kier alpha value is -2.53. The van der Waals surface area contributed by atoms with E-state index < -0.39 is 11.6 Å². The van der Waals surface area contributed by atoms with Gasteiger partial charge in [-0.25, -0.2) is 4.39 Å². The molecule has 1 heterocycles. The van der Waals surface area contributed by atoms with Crippen molar-refractivity contribution in [1.29, 1.82) is 0 Å². The Labute approximate surface area is 125 Å². The fourth-order valence-electron chi connectivity index (χ4n) is 2.00. The van der Waals surface area contributed by atoms with Crippen molar-refractivity contribution >= 4 is 29.1 Å². The summed E-state index contributed by atoms with van der Waals surface area (Å²) in [6.45, 7) is 0. The van der Waals surface area contributed by atoms with Gasteiger partial charge < -0.3 is 15.3 Å². The summed E-state index contributed by atoms with van der Waals surface area (Å²) >= 11 is 0. The quantitative estimate of drug-likeness (QED) is 0.676. The number of halogens is 2. The molecule has 0 aliphatic carbocycles. The van der Waals surface area contributed by atoms with Crippen LogP contribution < -0.4 is 11.2 Å². The van der Waals surface area contributed by atoms with E-state index in [1.807, 2.05) is 0 Å². The van der Waals surface area contributed by atoms with Gasteiger partial charge in [0.2, 0.25) is 0 Å². The average molecular weight is 308 g/mol. The molecule has 0 saturated heterocycles. The van der Waals surface area contributed by atoms with Gasteiger partial charge in [0, 0.05) is 11.6 Å². The van der Waals surface area contributed by atoms with Gasteiger partial charge in [-0.3, -0.25) is 4.79 Å². The van der Waals surface area contributed by atoms with Crippen LogP contribution >= 0.6 is 12.4 Å². The fourth-order valence-corrected chi connectivity index (χ4v) is 2.00. The number of anilines is 1. The number of fused-ring (bicyclic) bond motifs is 1. The first-order valence-corrected chi connectivity index (χ1v) is 5.87. The molecule has 0 atom stereocenters. The van der Waals surface area contributed by atoms with Gasteiger partial charge in [-0.15, -0.1) is 12.4 Å². The first-order valence-electron chi connectivity index (χ1n) is 5.87. The van der Waals surface area contributed by atoms with Crippen LogP contribution in [0.1, 0.15) is 0 Å². The van der Waals surface area contributed by atoms with Crippen molar-refractivity contribution in [3.63, 3.8) is 0 Å². The molecular formula is C15H11ClFNO3. The van der Waals surface area contributed by atoms with Gasteiger partial charge in [0.1, 0.15) is 5.76 Å². The SMILES string of the molecule is Cl.Nc1cccc2c(=O)cc(-c3ccc(O)c(F)c3)oc12. The third kappa shape index (κ3) is 2.55. The Kier molecular flexibility index (Phi) is 3.86. The maximum Gasteiger partial charge on any atom is 0.193 e. The average Bonchev–Trinajstić information content (AvgIpc) is 2.43. The minimum absolute atomic E-state index is 0. The highest BCUT2D eigenvalue weighted by Crippen LogP contribution is 2.27. The fraction of sp³-hybridized carbons (Fsp3) is 0. The Morgan fingerprint density at radius 1 is 1.14 bits per heavy atom. The number of nitrogens with two attached hydrogens (primary N) is 1. The summed E-state index contributed by atoms with van der Waals surface area (Å²) in [6.07, 6.45) is 0. The van der Waals surface area contributed by atoms with Gasteiger partial charge in [0.25, 0.3) is 0 Å². The smallest absolute Gasteiger partial charge is 0.193 e. The third-order valence-corrected chi connectivity index (χ3v) is 3.02. The third-order valence-electron chi connectivity index (χ3n) is 3.02. The summed E-state index contributed by atoms with van der Waals surface area (Å²) in [5.41, 5.74) is 6.47. The minimum Gasteiger partial charge on any atom is -0.505 e. The van der Waals surface area contributed by atoms with Crippen molar-refractivity contribution in [3.8, 4) is 17.1 Å². The molecule has 0 amide bonds. The molecule has 0 aliphatic heterocycles. The summed E-state index contributed by atoms with van der Waals surface area (Å²) in [5, 5.41) is 9.54. The van der Waals surface area contributed by atoms with E-state index in [4.69, 9.17) is 10.2 Å². The van der Waals surface area contributed by atoms with Gasteiger partial charge in [-0.2, -0.15) is 0 Å². The van der Waals surface area contributed by atoms with E-state index in [1.54, 1.807) is 18.2 Å². The van der Waals surface area contributed by atoms with Gasteiger partial charge in [0.05, 0.1) is 11.1 Å². The number of nitrogen functional groups attached to an aromatic ring is 1. The topological polar surface area (TPSA) is 76.5 Å².